The van der Waals surface area contributed by atoms with E-state index >= 15 is 0 Å². The fraction of sp³-hybridized carbons (Fsp3) is 0.333. The molecule has 76 valence electrons. The molecule has 1 aromatic rings. The van der Waals surface area contributed by atoms with Crippen molar-refractivity contribution in [3.8, 4) is 6.19 Å². The predicted octanol–water partition coefficient (Wildman–Crippen LogP) is 2.14. The van der Waals surface area contributed by atoms with Crippen molar-refractivity contribution in [3.05, 3.63) is 16.1 Å². The molecule has 0 N–H and O–H groups in total. The van der Waals surface area contributed by atoms with Crippen LogP contribution in [0, 0.1) is 11.5 Å². The van der Waals surface area contributed by atoms with Gasteiger partial charge in [0.25, 0.3) is 0 Å². The average Bonchev–Trinajstić information content (AvgIpc) is 2.52. The summed E-state index contributed by atoms with van der Waals surface area (Å²) in [5, 5.41) is 7.20. The van der Waals surface area contributed by atoms with Crippen LogP contribution in [0.1, 0.15) is 9.88 Å². The maximum atomic E-state index is 12.1. The highest BCUT2D eigenvalue weighted by Crippen LogP contribution is 2.32. The van der Waals surface area contributed by atoms with Gasteiger partial charge in [-0.1, -0.05) is 11.6 Å². The number of hydrogen-bond donors (Lipinski definition) is 1. The molecule has 1 heterocycles. The second-order valence-electron chi connectivity index (χ2n) is 2.13. The third-order valence-corrected chi connectivity index (χ3v) is 3.11. The van der Waals surface area contributed by atoms with E-state index in [9.17, 15) is 13.2 Å². The van der Waals surface area contributed by atoms with Crippen LogP contribution in [0.2, 0.25) is 0 Å². The zero-order valence-electron chi connectivity index (χ0n) is 6.62. The van der Waals surface area contributed by atoms with Gasteiger partial charge in [-0.2, -0.15) is 22.8 Å². The summed E-state index contributed by atoms with van der Waals surface area (Å²) in [5.41, 5.74) is 0. The second kappa shape index (κ2) is 4.52. The average molecular weight is 239 g/mol. The molecule has 0 aliphatic rings. The van der Waals surface area contributed by atoms with Crippen molar-refractivity contribution in [2.75, 3.05) is 0 Å². The largest absolute Gasteiger partial charge is 0.443 e. The molecule has 0 aliphatic heterocycles. The van der Waals surface area contributed by atoms with Crippen molar-refractivity contribution in [1.29, 1.82) is 5.26 Å². The first-order valence-corrected chi connectivity index (χ1v) is 5.16. The van der Waals surface area contributed by atoms with E-state index in [4.69, 9.17) is 5.26 Å². The number of rotatable bonds is 2. The highest BCUT2D eigenvalue weighted by Gasteiger charge is 2.34. The van der Waals surface area contributed by atoms with Crippen molar-refractivity contribution in [2.24, 2.45) is 4.36 Å². The Morgan fingerprint density at radius 2 is 2.36 bits per heavy atom. The SMILES string of the molecule is N#CN=[SH]Cc1cnc(C(F)(F)F)s1. The van der Waals surface area contributed by atoms with E-state index in [2.05, 4.69) is 9.35 Å². The van der Waals surface area contributed by atoms with Crippen molar-refractivity contribution < 1.29 is 13.2 Å². The Balaban J connectivity index is 2.70. The van der Waals surface area contributed by atoms with E-state index in [1.54, 1.807) is 6.19 Å². The second-order valence-corrected chi connectivity index (χ2v) is 4.04. The van der Waals surface area contributed by atoms with Gasteiger partial charge in [0.15, 0.2) is 5.01 Å². The van der Waals surface area contributed by atoms with E-state index in [1.807, 2.05) is 0 Å². The van der Waals surface area contributed by atoms with Gasteiger partial charge >= 0.3 is 6.18 Å². The number of halogens is 3. The Morgan fingerprint density at radius 1 is 1.64 bits per heavy atom. The fourth-order valence-electron chi connectivity index (χ4n) is 0.648. The number of hydrogen-bond acceptors (Lipinski definition) is 4. The molecule has 0 atom stereocenters. The van der Waals surface area contributed by atoms with Gasteiger partial charge in [0.2, 0.25) is 6.19 Å². The number of aromatic nitrogens is 1. The summed E-state index contributed by atoms with van der Waals surface area (Å²) < 4.78 is 39.5. The van der Waals surface area contributed by atoms with Crippen LogP contribution in [0.5, 0.6) is 0 Å². The smallest absolute Gasteiger partial charge is 0.240 e. The van der Waals surface area contributed by atoms with E-state index in [0.29, 0.717) is 33.5 Å². The van der Waals surface area contributed by atoms with Crippen LogP contribution >= 0.6 is 11.3 Å². The third-order valence-electron chi connectivity index (χ3n) is 1.14. The Kier molecular flexibility index (Phi) is 3.60. The normalized spacial score (nSPS) is 12.4. The van der Waals surface area contributed by atoms with Crippen molar-refractivity contribution in [2.45, 2.75) is 11.9 Å². The van der Waals surface area contributed by atoms with Crippen molar-refractivity contribution >= 4 is 22.9 Å². The van der Waals surface area contributed by atoms with Gasteiger partial charge in [-0.25, -0.2) is 4.98 Å². The van der Waals surface area contributed by atoms with Gasteiger partial charge in [0, 0.05) is 16.8 Å². The highest BCUT2D eigenvalue weighted by atomic mass is 32.1. The van der Waals surface area contributed by atoms with Gasteiger partial charge in [-0.05, 0) is 0 Å². The summed E-state index contributed by atoms with van der Waals surface area (Å²) in [5.74, 6) is 0.293. The molecule has 0 unspecified atom stereocenters. The van der Waals surface area contributed by atoms with Crippen LogP contribution in [0.3, 0.4) is 0 Å². The monoisotopic (exact) mass is 239 g/mol. The van der Waals surface area contributed by atoms with Crippen molar-refractivity contribution in [1.82, 2.24) is 4.98 Å². The van der Waals surface area contributed by atoms with Crippen molar-refractivity contribution in [3.63, 3.8) is 0 Å². The predicted molar refractivity (Wildman–Crippen MR) is 47.6 cm³/mol. The molecule has 14 heavy (non-hydrogen) atoms. The summed E-state index contributed by atoms with van der Waals surface area (Å²) in [6.07, 6.45) is -1.67. The topological polar surface area (TPSA) is 49.0 Å². The molecule has 0 aliphatic carbocycles. The van der Waals surface area contributed by atoms with Crippen LogP contribution in [0.25, 0.3) is 0 Å². The van der Waals surface area contributed by atoms with Crippen LogP contribution in [-0.4, -0.2) is 4.98 Å². The Hall–Kier alpha value is -0.940. The summed E-state index contributed by atoms with van der Waals surface area (Å²) in [6.45, 7) is 0. The van der Waals surface area contributed by atoms with E-state index in [0.717, 1.165) is 6.20 Å². The number of nitrogens with zero attached hydrogens (tertiary/aromatic N) is 3. The minimum absolute atomic E-state index is 0.293. The lowest BCUT2D eigenvalue weighted by Crippen LogP contribution is -2.02. The molecule has 0 amide bonds. The lowest BCUT2D eigenvalue weighted by Gasteiger charge is -1.98. The van der Waals surface area contributed by atoms with Gasteiger partial charge in [0.05, 0.1) is 0 Å². The Labute approximate surface area is 85.3 Å². The first kappa shape index (κ1) is 11.1. The molecule has 0 fully saturated rings. The van der Waals surface area contributed by atoms with Crippen LogP contribution < -0.4 is 0 Å². The zero-order valence-corrected chi connectivity index (χ0v) is 8.33. The highest BCUT2D eigenvalue weighted by molar-refractivity contribution is 7.67. The molecular weight excluding hydrogens is 235 g/mol. The summed E-state index contributed by atoms with van der Waals surface area (Å²) >= 11 is 1.01. The van der Waals surface area contributed by atoms with E-state index < -0.39 is 11.2 Å². The maximum Gasteiger partial charge on any atom is 0.443 e. The number of thiol groups is 1. The molecule has 8 heteroatoms. The zero-order chi connectivity index (χ0) is 10.6. The Bertz CT molecular complexity index is 376. The van der Waals surface area contributed by atoms with Gasteiger partial charge in [-0.3, -0.25) is 0 Å². The fourth-order valence-corrected chi connectivity index (χ4v) is 2.01. The molecule has 1 rings (SSSR count). The van der Waals surface area contributed by atoms with E-state index in [1.165, 1.54) is 0 Å². The minimum Gasteiger partial charge on any atom is -0.240 e. The lowest BCUT2D eigenvalue weighted by molar-refractivity contribution is -0.137. The number of alkyl halides is 3. The first-order valence-electron chi connectivity index (χ1n) is 3.31. The molecule has 0 aromatic carbocycles. The standard InChI is InChI=1S/C6H4F3N3S2/c7-6(8,9)5-11-1-4(14-5)2-13-12-3-10/h1,13H,2H2. The number of thiazole rings is 1. The van der Waals surface area contributed by atoms with Gasteiger partial charge in [0.1, 0.15) is 0 Å². The summed E-state index contributed by atoms with van der Waals surface area (Å²) in [7, 11) is 0. The van der Waals surface area contributed by atoms with Crippen LogP contribution in [-0.2, 0) is 23.5 Å². The quantitative estimate of drug-likeness (QED) is 0.635. The summed E-state index contributed by atoms with van der Waals surface area (Å²) in [6, 6.07) is 0. The van der Waals surface area contributed by atoms with Gasteiger partial charge in [-0.15, -0.1) is 11.3 Å². The number of nitriles is 1. The summed E-state index contributed by atoms with van der Waals surface area (Å²) in [4.78, 5) is 3.70. The molecule has 3 nitrogen and oxygen atoms in total. The molecule has 0 bridgehead atoms. The van der Waals surface area contributed by atoms with Crippen LogP contribution in [0.4, 0.5) is 13.2 Å². The maximum absolute atomic E-state index is 12.1. The Morgan fingerprint density at radius 3 is 2.86 bits per heavy atom. The third kappa shape index (κ3) is 3.08. The van der Waals surface area contributed by atoms with Crippen LogP contribution in [0.15, 0.2) is 10.6 Å². The first-order chi connectivity index (χ1) is 6.54. The molecule has 0 saturated carbocycles. The van der Waals surface area contributed by atoms with Gasteiger partial charge < -0.3 is 0 Å². The lowest BCUT2D eigenvalue weighted by atomic mass is 10.6. The van der Waals surface area contributed by atoms with E-state index in [-0.39, 0.29) is 0 Å². The molecule has 0 saturated heterocycles. The molecule has 1 aromatic heterocycles. The molecule has 0 spiro atoms. The minimum atomic E-state index is -4.38. The molecule has 0 radical (unpaired) electrons. The molecular formula is C6H4F3N3S2.